The predicted molar refractivity (Wildman–Crippen MR) is 121 cm³/mol. The Morgan fingerprint density at radius 1 is 1.15 bits per heavy atom. The molecule has 0 unspecified atom stereocenters. The van der Waals surface area contributed by atoms with Gasteiger partial charge < -0.3 is 15.7 Å². The molecule has 166 valence electrons. The SMILES string of the molecule is C[C@@H]1CC[C@](Nc2nccc(C#N)c2C(=O)O)(C(=O)c2ccccc2-c2ncccn2)CN1. The summed E-state index contributed by atoms with van der Waals surface area (Å²) in [6.07, 6.45) is 5.70. The fourth-order valence-electron chi connectivity index (χ4n) is 4.02. The molecule has 2 atom stereocenters. The van der Waals surface area contributed by atoms with Crippen molar-refractivity contribution in [3.63, 3.8) is 0 Å². The number of nitriles is 1. The van der Waals surface area contributed by atoms with Gasteiger partial charge in [0.1, 0.15) is 23.0 Å². The third-order valence-corrected chi connectivity index (χ3v) is 5.81. The van der Waals surface area contributed by atoms with Crippen LogP contribution >= 0.6 is 0 Å². The summed E-state index contributed by atoms with van der Waals surface area (Å²) in [4.78, 5) is 38.8. The van der Waals surface area contributed by atoms with Gasteiger partial charge >= 0.3 is 5.97 Å². The summed E-state index contributed by atoms with van der Waals surface area (Å²) in [5, 5.41) is 25.6. The third-order valence-electron chi connectivity index (χ3n) is 5.81. The van der Waals surface area contributed by atoms with Gasteiger partial charge in [-0.2, -0.15) is 5.26 Å². The molecule has 0 bridgehead atoms. The predicted octanol–water partition coefficient (Wildman–Crippen LogP) is 2.91. The lowest BCUT2D eigenvalue weighted by Crippen LogP contribution is -2.59. The number of rotatable bonds is 6. The molecule has 0 amide bonds. The number of carbonyl (C=O) groups is 2. The number of pyridine rings is 1. The normalized spacial score (nSPS) is 19.9. The summed E-state index contributed by atoms with van der Waals surface area (Å²) >= 11 is 0. The number of hydrogen-bond acceptors (Lipinski definition) is 8. The van der Waals surface area contributed by atoms with E-state index in [1.165, 1.54) is 12.3 Å². The highest BCUT2D eigenvalue weighted by Gasteiger charge is 2.43. The van der Waals surface area contributed by atoms with Gasteiger partial charge in [-0.05, 0) is 31.9 Å². The molecule has 0 radical (unpaired) electrons. The van der Waals surface area contributed by atoms with E-state index >= 15 is 0 Å². The van der Waals surface area contributed by atoms with Gasteiger partial charge in [-0.1, -0.05) is 24.3 Å². The summed E-state index contributed by atoms with van der Waals surface area (Å²) in [6.45, 7) is 2.28. The number of aromatic nitrogens is 3. The van der Waals surface area contributed by atoms with Crippen molar-refractivity contribution in [3.05, 3.63) is 71.7 Å². The highest BCUT2D eigenvalue weighted by atomic mass is 16.4. The minimum atomic E-state index is -1.29. The summed E-state index contributed by atoms with van der Waals surface area (Å²) in [5.74, 6) is -1.12. The molecule has 1 aliphatic heterocycles. The van der Waals surface area contributed by atoms with E-state index in [2.05, 4.69) is 25.6 Å². The van der Waals surface area contributed by atoms with E-state index in [-0.39, 0.29) is 35.3 Å². The van der Waals surface area contributed by atoms with Crippen LogP contribution in [-0.2, 0) is 0 Å². The summed E-state index contributed by atoms with van der Waals surface area (Å²) in [7, 11) is 0. The molecule has 1 fully saturated rings. The van der Waals surface area contributed by atoms with Crippen molar-refractivity contribution in [2.75, 3.05) is 11.9 Å². The zero-order valence-electron chi connectivity index (χ0n) is 17.9. The van der Waals surface area contributed by atoms with Crippen LogP contribution < -0.4 is 10.6 Å². The maximum Gasteiger partial charge on any atom is 0.340 e. The Labute approximate surface area is 190 Å². The molecule has 0 saturated carbocycles. The molecule has 2 aromatic heterocycles. The van der Waals surface area contributed by atoms with Gasteiger partial charge in [0.25, 0.3) is 0 Å². The molecular formula is C24H22N6O3. The fourth-order valence-corrected chi connectivity index (χ4v) is 4.02. The summed E-state index contributed by atoms with van der Waals surface area (Å²) in [5.41, 5.74) is -0.466. The number of hydrogen-bond donors (Lipinski definition) is 3. The molecule has 4 rings (SSSR count). The van der Waals surface area contributed by atoms with Crippen molar-refractivity contribution in [1.29, 1.82) is 5.26 Å². The Bertz CT molecular complexity index is 1230. The number of nitrogens with one attached hydrogen (secondary N) is 2. The first kappa shape index (κ1) is 22.0. The van der Waals surface area contributed by atoms with E-state index in [1.807, 2.05) is 19.1 Å². The Hall–Kier alpha value is -4.16. The van der Waals surface area contributed by atoms with Crippen molar-refractivity contribution in [1.82, 2.24) is 20.3 Å². The quantitative estimate of drug-likeness (QED) is 0.491. The van der Waals surface area contributed by atoms with E-state index in [0.717, 1.165) is 0 Å². The smallest absolute Gasteiger partial charge is 0.340 e. The lowest BCUT2D eigenvalue weighted by atomic mass is 9.79. The number of Topliss-reactive ketones (excluding diaryl/α,β-unsaturated/α-hetero) is 1. The Morgan fingerprint density at radius 2 is 1.91 bits per heavy atom. The first-order valence-electron chi connectivity index (χ1n) is 10.5. The minimum Gasteiger partial charge on any atom is -0.478 e. The monoisotopic (exact) mass is 442 g/mol. The second-order valence-electron chi connectivity index (χ2n) is 7.97. The van der Waals surface area contributed by atoms with E-state index < -0.39 is 11.5 Å². The van der Waals surface area contributed by atoms with Gasteiger partial charge in [0, 0.05) is 42.3 Å². The van der Waals surface area contributed by atoms with E-state index in [0.29, 0.717) is 29.8 Å². The minimum absolute atomic E-state index is 0.0142. The van der Waals surface area contributed by atoms with E-state index in [4.69, 9.17) is 0 Å². The van der Waals surface area contributed by atoms with Crippen LogP contribution in [0.15, 0.2) is 55.0 Å². The maximum atomic E-state index is 14.1. The highest BCUT2D eigenvalue weighted by molar-refractivity contribution is 6.10. The number of carbonyl (C=O) groups excluding carboxylic acids is 1. The van der Waals surface area contributed by atoms with Gasteiger partial charge in [0.15, 0.2) is 11.6 Å². The zero-order valence-corrected chi connectivity index (χ0v) is 17.9. The number of benzene rings is 1. The first-order valence-corrected chi connectivity index (χ1v) is 10.5. The van der Waals surface area contributed by atoms with Crippen LogP contribution in [0.3, 0.4) is 0 Å². The second kappa shape index (κ2) is 9.14. The molecular weight excluding hydrogens is 420 g/mol. The standard InChI is InChI=1S/C24H22N6O3/c1-15-7-9-24(14-29-15,30-22-19(23(32)33)16(13-25)8-12-28-22)20(31)17-5-2-3-6-18(17)21-26-10-4-11-27-21/h2-6,8,10-12,15,29H,7,9,14H2,1H3,(H,28,30)(H,32,33)/t15-,24-/m1/s1. The van der Waals surface area contributed by atoms with Gasteiger partial charge in [0.2, 0.25) is 0 Å². The van der Waals surface area contributed by atoms with Crippen molar-refractivity contribution < 1.29 is 14.7 Å². The topological polar surface area (TPSA) is 141 Å². The molecule has 9 heteroatoms. The number of ketones is 1. The second-order valence-corrected chi connectivity index (χ2v) is 7.97. The van der Waals surface area contributed by atoms with Crippen LogP contribution in [0.1, 0.15) is 46.0 Å². The van der Waals surface area contributed by atoms with Gasteiger partial charge in [-0.3, -0.25) is 4.79 Å². The van der Waals surface area contributed by atoms with Crippen LogP contribution in [-0.4, -0.2) is 49.9 Å². The zero-order chi connectivity index (χ0) is 23.4. The van der Waals surface area contributed by atoms with Crippen LogP contribution in [0.4, 0.5) is 5.82 Å². The number of aromatic carboxylic acids is 1. The lowest BCUT2D eigenvalue weighted by molar-refractivity contribution is 0.0695. The molecule has 1 aliphatic rings. The number of anilines is 1. The van der Waals surface area contributed by atoms with Crippen molar-refractivity contribution >= 4 is 17.6 Å². The molecule has 33 heavy (non-hydrogen) atoms. The molecule has 1 saturated heterocycles. The fraction of sp³-hybridized carbons (Fsp3) is 0.250. The molecule has 1 aromatic carbocycles. The van der Waals surface area contributed by atoms with Crippen molar-refractivity contribution in [2.24, 2.45) is 0 Å². The third kappa shape index (κ3) is 4.29. The lowest BCUT2D eigenvalue weighted by Gasteiger charge is -2.40. The molecule has 3 N–H and O–H groups in total. The van der Waals surface area contributed by atoms with Crippen molar-refractivity contribution in [3.8, 4) is 17.5 Å². The van der Waals surface area contributed by atoms with Crippen LogP contribution in [0.2, 0.25) is 0 Å². The number of nitrogens with zero attached hydrogens (tertiary/aromatic N) is 4. The molecule has 0 spiro atoms. The van der Waals surface area contributed by atoms with Crippen LogP contribution in [0.25, 0.3) is 11.4 Å². The number of piperidine rings is 1. The van der Waals surface area contributed by atoms with Crippen molar-refractivity contribution in [2.45, 2.75) is 31.3 Å². The van der Waals surface area contributed by atoms with Crippen LogP contribution in [0, 0.1) is 11.3 Å². The van der Waals surface area contributed by atoms with Gasteiger partial charge in [-0.25, -0.2) is 19.7 Å². The van der Waals surface area contributed by atoms with E-state index in [1.54, 1.807) is 36.7 Å². The number of carboxylic acid groups (broad SMARTS) is 1. The molecule has 3 heterocycles. The maximum absolute atomic E-state index is 14.1. The average Bonchev–Trinajstić information content (AvgIpc) is 2.85. The average molecular weight is 442 g/mol. The Kier molecular flexibility index (Phi) is 6.11. The Balaban J connectivity index is 1.82. The first-order chi connectivity index (χ1) is 15.9. The number of carboxylic acids is 1. The van der Waals surface area contributed by atoms with E-state index in [9.17, 15) is 20.0 Å². The highest BCUT2D eigenvalue weighted by Crippen LogP contribution is 2.32. The van der Waals surface area contributed by atoms with Crippen LogP contribution in [0.5, 0.6) is 0 Å². The summed E-state index contributed by atoms with van der Waals surface area (Å²) < 4.78 is 0. The molecule has 9 nitrogen and oxygen atoms in total. The molecule has 0 aliphatic carbocycles. The van der Waals surface area contributed by atoms with Gasteiger partial charge in [-0.15, -0.1) is 0 Å². The Morgan fingerprint density at radius 3 is 2.58 bits per heavy atom. The molecule has 3 aromatic rings. The largest absolute Gasteiger partial charge is 0.478 e. The summed E-state index contributed by atoms with van der Waals surface area (Å²) in [6, 6.07) is 12.2. The van der Waals surface area contributed by atoms with Gasteiger partial charge in [0.05, 0.1) is 5.56 Å².